The third-order valence-electron chi connectivity index (χ3n) is 3.24. The van der Waals surface area contributed by atoms with E-state index in [1.807, 2.05) is 0 Å². The van der Waals surface area contributed by atoms with Gasteiger partial charge in [0.1, 0.15) is 23.5 Å². The minimum absolute atomic E-state index is 0.111. The fraction of sp³-hybridized carbons (Fsp3) is 0.333. The van der Waals surface area contributed by atoms with Crippen LogP contribution in [0.4, 0.5) is 17.6 Å². The molecule has 4 nitrogen and oxygen atoms in total. The number of nitrogens with zero attached hydrogens (tertiary/aromatic N) is 2. The number of alkyl halides is 3. The topological polar surface area (TPSA) is 53.3 Å². The SMILES string of the molecule is N#CCOc1cc(F)c(C2=CCC(Br)C(=O)N2CC(F)F)c(F)c1. The molecule has 1 heterocycles. The zero-order valence-corrected chi connectivity index (χ0v) is 13.7. The first-order chi connectivity index (χ1) is 11.3. The number of halogens is 5. The monoisotopic (exact) mass is 406 g/mol. The first kappa shape index (κ1) is 18.3. The van der Waals surface area contributed by atoms with Gasteiger partial charge in [-0.3, -0.25) is 4.79 Å². The maximum Gasteiger partial charge on any atom is 0.256 e. The van der Waals surface area contributed by atoms with Crippen molar-refractivity contribution in [3.63, 3.8) is 0 Å². The van der Waals surface area contributed by atoms with Crippen molar-refractivity contribution in [3.05, 3.63) is 35.4 Å². The summed E-state index contributed by atoms with van der Waals surface area (Å²) in [7, 11) is 0. The molecule has 9 heteroatoms. The number of carbonyl (C=O) groups excluding carboxylic acids is 1. The second-order valence-corrected chi connectivity index (χ2v) is 5.95. The Bertz CT molecular complexity index is 695. The van der Waals surface area contributed by atoms with Crippen molar-refractivity contribution in [2.24, 2.45) is 0 Å². The maximum absolute atomic E-state index is 14.3. The van der Waals surface area contributed by atoms with E-state index in [4.69, 9.17) is 10.00 Å². The molecule has 24 heavy (non-hydrogen) atoms. The number of allylic oxidation sites excluding steroid dienone is 1. The van der Waals surface area contributed by atoms with E-state index in [2.05, 4.69) is 15.9 Å². The van der Waals surface area contributed by atoms with Crippen molar-refractivity contribution >= 4 is 27.5 Å². The highest BCUT2D eigenvalue weighted by Crippen LogP contribution is 2.34. The summed E-state index contributed by atoms with van der Waals surface area (Å²) in [6.07, 6.45) is -1.43. The molecule has 0 aromatic heterocycles. The van der Waals surface area contributed by atoms with Gasteiger partial charge in [0.25, 0.3) is 6.43 Å². The number of nitriles is 1. The molecule has 0 bridgehead atoms. The Morgan fingerprint density at radius 1 is 1.38 bits per heavy atom. The van der Waals surface area contributed by atoms with Crippen LogP contribution in [0.15, 0.2) is 18.2 Å². The number of hydrogen-bond donors (Lipinski definition) is 0. The molecule has 1 aliphatic rings. The van der Waals surface area contributed by atoms with Gasteiger partial charge in [-0.25, -0.2) is 17.6 Å². The van der Waals surface area contributed by atoms with Crippen molar-refractivity contribution in [3.8, 4) is 11.8 Å². The molecule has 128 valence electrons. The molecule has 1 aliphatic heterocycles. The van der Waals surface area contributed by atoms with Gasteiger partial charge in [0.05, 0.1) is 22.6 Å². The van der Waals surface area contributed by atoms with Crippen LogP contribution < -0.4 is 4.74 Å². The average molecular weight is 407 g/mol. The largest absolute Gasteiger partial charge is 0.479 e. The summed E-state index contributed by atoms with van der Waals surface area (Å²) in [4.78, 5) is 12.0. The first-order valence-electron chi connectivity index (χ1n) is 6.78. The van der Waals surface area contributed by atoms with Gasteiger partial charge in [-0.15, -0.1) is 0 Å². The van der Waals surface area contributed by atoms with E-state index in [0.29, 0.717) is 4.90 Å². The van der Waals surface area contributed by atoms with Gasteiger partial charge in [-0.05, 0) is 6.42 Å². The number of ether oxygens (including phenoxy) is 1. The van der Waals surface area contributed by atoms with Crippen LogP contribution in [0, 0.1) is 23.0 Å². The van der Waals surface area contributed by atoms with Crippen LogP contribution in [0.5, 0.6) is 5.75 Å². The molecular formula is C15H11BrF4N2O2. The fourth-order valence-electron chi connectivity index (χ4n) is 2.27. The first-order valence-corrected chi connectivity index (χ1v) is 7.69. The number of amides is 1. The van der Waals surface area contributed by atoms with E-state index in [9.17, 15) is 22.4 Å². The van der Waals surface area contributed by atoms with Gasteiger partial charge in [0.15, 0.2) is 6.61 Å². The summed E-state index contributed by atoms with van der Waals surface area (Å²) in [6, 6.07) is 3.32. The lowest BCUT2D eigenvalue weighted by Gasteiger charge is -2.31. The van der Waals surface area contributed by atoms with Crippen LogP contribution >= 0.6 is 15.9 Å². The molecule has 1 atom stereocenters. The summed E-state index contributed by atoms with van der Waals surface area (Å²) in [5.41, 5.74) is -0.842. The third-order valence-corrected chi connectivity index (χ3v) is 4.00. The van der Waals surface area contributed by atoms with E-state index in [0.717, 1.165) is 12.1 Å². The summed E-state index contributed by atoms with van der Waals surface area (Å²) in [5.74, 6) is -3.06. The Balaban J connectivity index is 2.45. The van der Waals surface area contributed by atoms with Crippen molar-refractivity contribution in [1.29, 1.82) is 5.26 Å². The smallest absolute Gasteiger partial charge is 0.256 e. The summed E-state index contributed by atoms with van der Waals surface area (Å²) < 4.78 is 58.9. The lowest BCUT2D eigenvalue weighted by atomic mass is 10.0. The highest BCUT2D eigenvalue weighted by atomic mass is 79.9. The van der Waals surface area contributed by atoms with Crippen LogP contribution in [-0.2, 0) is 4.79 Å². The van der Waals surface area contributed by atoms with Gasteiger partial charge < -0.3 is 9.64 Å². The predicted octanol–water partition coefficient (Wildman–Crippen LogP) is 3.47. The molecule has 1 unspecified atom stereocenters. The maximum atomic E-state index is 14.3. The Kier molecular flexibility index (Phi) is 5.83. The van der Waals surface area contributed by atoms with Crippen LogP contribution in [0.3, 0.4) is 0 Å². The zero-order valence-electron chi connectivity index (χ0n) is 12.1. The van der Waals surface area contributed by atoms with E-state index >= 15 is 0 Å². The molecule has 0 N–H and O–H groups in total. The zero-order chi connectivity index (χ0) is 17.9. The highest BCUT2D eigenvalue weighted by molar-refractivity contribution is 9.10. The molecule has 0 fully saturated rings. The molecule has 0 radical (unpaired) electrons. The predicted molar refractivity (Wildman–Crippen MR) is 80.5 cm³/mol. The Morgan fingerprint density at radius 3 is 2.54 bits per heavy atom. The van der Waals surface area contributed by atoms with Crippen LogP contribution in [0.2, 0.25) is 0 Å². The Hall–Kier alpha value is -2.08. The lowest BCUT2D eigenvalue weighted by Crippen LogP contribution is -2.41. The second-order valence-electron chi connectivity index (χ2n) is 4.84. The standard InChI is InChI=1S/C15H11BrF4N2O2/c16-9-1-2-12(22(15(9)23)7-13(19)20)14-10(17)5-8(6-11(14)18)24-4-3-21/h2,5-6,9,13H,1,4,7H2. The Labute approximate surface area is 143 Å². The molecule has 2 rings (SSSR count). The molecule has 0 aliphatic carbocycles. The molecule has 0 saturated heterocycles. The average Bonchev–Trinajstić information content (AvgIpc) is 2.51. The van der Waals surface area contributed by atoms with Gasteiger partial charge in [-0.2, -0.15) is 5.26 Å². The van der Waals surface area contributed by atoms with Crippen LogP contribution in [0.1, 0.15) is 12.0 Å². The van der Waals surface area contributed by atoms with E-state index in [1.54, 1.807) is 6.07 Å². The van der Waals surface area contributed by atoms with Gasteiger partial charge in [-0.1, -0.05) is 22.0 Å². The molecule has 1 aromatic rings. The summed E-state index contributed by atoms with van der Waals surface area (Å²) in [6.45, 7) is -1.37. The van der Waals surface area contributed by atoms with Gasteiger partial charge in [0, 0.05) is 12.1 Å². The number of benzene rings is 1. The summed E-state index contributed by atoms with van der Waals surface area (Å²) in [5, 5.41) is 8.41. The van der Waals surface area contributed by atoms with Crippen LogP contribution in [-0.4, -0.2) is 35.2 Å². The van der Waals surface area contributed by atoms with Crippen molar-refractivity contribution < 1.29 is 27.1 Å². The highest BCUT2D eigenvalue weighted by Gasteiger charge is 2.33. The van der Waals surface area contributed by atoms with E-state index < -0.39 is 47.5 Å². The van der Waals surface area contributed by atoms with Crippen molar-refractivity contribution in [2.75, 3.05) is 13.2 Å². The molecule has 0 spiro atoms. The van der Waals surface area contributed by atoms with Gasteiger partial charge in [0.2, 0.25) is 5.91 Å². The molecule has 0 saturated carbocycles. The number of carbonyl (C=O) groups is 1. The minimum Gasteiger partial charge on any atom is -0.479 e. The second kappa shape index (κ2) is 7.66. The van der Waals surface area contributed by atoms with E-state index in [1.165, 1.54) is 6.08 Å². The number of hydrogen-bond acceptors (Lipinski definition) is 3. The molecule has 1 amide bonds. The fourth-order valence-corrected chi connectivity index (χ4v) is 2.70. The van der Waals surface area contributed by atoms with Gasteiger partial charge >= 0.3 is 0 Å². The van der Waals surface area contributed by atoms with E-state index in [-0.39, 0.29) is 17.9 Å². The quantitative estimate of drug-likeness (QED) is 0.555. The van der Waals surface area contributed by atoms with Crippen molar-refractivity contribution in [2.45, 2.75) is 17.7 Å². The minimum atomic E-state index is -2.86. The molecular weight excluding hydrogens is 396 g/mol. The Morgan fingerprint density at radius 2 is 2.00 bits per heavy atom. The van der Waals surface area contributed by atoms with Crippen LogP contribution in [0.25, 0.3) is 5.70 Å². The molecule has 1 aromatic carbocycles. The van der Waals surface area contributed by atoms with Crippen molar-refractivity contribution in [1.82, 2.24) is 4.90 Å². The lowest BCUT2D eigenvalue weighted by molar-refractivity contribution is -0.129. The number of rotatable bonds is 5. The normalized spacial score (nSPS) is 17.7. The summed E-state index contributed by atoms with van der Waals surface area (Å²) >= 11 is 3.04. The third kappa shape index (κ3) is 3.87.